The average molecular weight is 266 g/mol. The van der Waals surface area contributed by atoms with Crippen LogP contribution in [0, 0.1) is 5.82 Å². The molecule has 1 heterocycles. The van der Waals surface area contributed by atoms with E-state index in [0.717, 1.165) is 27.6 Å². The monoisotopic (exact) mass is 266 g/mol. The fraction of sp³-hybridized carbons (Fsp3) is 0.118. The molecule has 2 aromatic carbocycles. The van der Waals surface area contributed by atoms with E-state index >= 15 is 0 Å². The third-order valence-corrected chi connectivity index (χ3v) is 3.38. The van der Waals surface area contributed by atoms with Crippen LogP contribution in [0.25, 0.3) is 22.0 Å². The third kappa shape index (κ3) is 2.28. The van der Waals surface area contributed by atoms with E-state index in [-0.39, 0.29) is 5.82 Å². The van der Waals surface area contributed by atoms with Crippen LogP contribution in [-0.2, 0) is 6.54 Å². The lowest BCUT2D eigenvalue weighted by molar-refractivity contribution is 0.627. The Labute approximate surface area is 117 Å². The molecule has 100 valence electrons. The quantitative estimate of drug-likeness (QED) is 0.780. The number of halogens is 1. The zero-order chi connectivity index (χ0) is 13.9. The van der Waals surface area contributed by atoms with Crippen molar-refractivity contribution in [3.8, 4) is 11.1 Å². The van der Waals surface area contributed by atoms with Gasteiger partial charge in [-0.05, 0) is 48.0 Å². The highest BCUT2D eigenvalue weighted by Gasteiger charge is 2.09. The second-order valence-electron chi connectivity index (χ2n) is 4.71. The van der Waals surface area contributed by atoms with Gasteiger partial charge in [0.2, 0.25) is 0 Å². The van der Waals surface area contributed by atoms with Crippen LogP contribution >= 0.6 is 0 Å². The maximum Gasteiger partial charge on any atom is 0.123 e. The van der Waals surface area contributed by atoms with Crippen molar-refractivity contribution in [2.75, 3.05) is 7.05 Å². The Balaban J connectivity index is 2.27. The molecule has 3 rings (SSSR count). The molecule has 0 aliphatic carbocycles. The fourth-order valence-electron chi connectivity index (χ4n) is 2.48. The van der Waals surface area contributed by atoms with Gasteiger partial charge in [0.05, 0.1) is 5.52 Å². The summed E-state index contributed by atoms with van der Waals surface area (Å²) in [5, 5.41) is 4.16. The Morgan fingerprint density at radius 1 is 1.05 bits per heavy atom. The molecule has 0 unspecified atom stereocenters. The van der Waals surface area contributed by atoms with Crippen LogP contribution in [0.4, 0.5) is 4.39 Å². The maximum absolute atomic E-state index is 13.6. The van der Waals surface area contributed by atoms with Gasteiger partial charge >= 0.3 is 0 Å². The molecule has 1 N–H and O–H groups in total. The summed E-state index contributed by atoms with van der Waals surface area (Å²) < 4.78 is 13.6. The lowest BCUT2D eigenvalue weighted by atomic mass is 9.96. The highest BCUT2D eigenvalue weighted by molar-refractivity contribution is 5.95. The Hall–Kier alpha value is -2.26. The second kappa shape index (κ2) is 5.39. The first-order chi connectivity index (χ1) is 9.79. The van der Waals surface area contributed by atoms with Gasteiger partial charge in [0, 0.05) is 18.1 Å². The van der Waals surface area contributed by atoms with Crippen LogP contribution in [0.5, 0.6) is 0 Å². The lowest BCUT2D eigenvalue weighted by Crippen LogP contribution is -2.06. The molecule has 0 atom stereocenters. The van der Waals surface area contributed by atoms with Crippen LogP contribution in [0.15, 0.2) is 54.7 Å². The summed E-state index contributed by atoms with van der Waals surface area (Å²) in [6.45, 7) is 0.701. The van der Waals surface area contributed by atoms with E-state index < -0.39 is 0 Å². The molecule has 2 nitrogen and oxygen atoms in total. The Bertz CT molecular complexity index is 748. The fourth-order valence-corrected chi connectivity index (χ4v) is 2.48. The van der Waals surface area contributed by atoms with E-state index in [0.29, 0.717) is 6.54 Å². The maximum atomic E-state index is 13.6. The van der Waals surface area contributed by atoms with Crippen LogP contribution in [0.2, 0.25) is 0 Å². The highest BCUT2D eigenvalue weighted by Crippen LogP contribution is 2.30. The predicted molar refractivity (Wildman–Crippen MR) is 79.9 cm³/mol. The summed E-state index contributed by atoms with van der Waals surface area (Å²) in [6, 6.07) is 14.8. The van der Waals surface area contributed by atoms with Gasteiger partial charge in [-0.25, -0.2) is 4.39 Å². The Kier molecular flexibility index (Phi) is 3.44. The van der Waals surface area contributed by atoms with Crippen LogP contribution in [0.3, 0.4) is 0 Å². The number of benzene rings is 2. The molecule has 0 radical (unpaired) electrons. The van der Waals surface area contributed by atoms with Crippen molar-refractivity contribution < 1.29 is 4.39 Å². The lowest BCUT2D eigenvalue weighted by Gasteiger charge is -2.12. The molecule has 0 spiro atoms. The van der Waals surface area contributed by atoms with Crippen molar-refractivity contribution in [2.24, 2.45) is 0 Å². The van der Waals surface area contributed by atoms with Crippen molar-refractivity contribution in [2.45, 2.75) is 6.54 Å². The number of hydrogen-bond acceptors (Lipinski definition) is 2. The van der Waals surface area contributed by atoms with E-state index in [2.05, 4.69) is 10.3 Å². The Morgan fingerprint density at radius 2 is 1.95 bits per heavy atom. The SMILES string of the molecule is CNCc1ccc(F)cc1-c1cccc2ncccc12. The topological polar surface area (TPSA) is 24.9 Å². The zero-order valence-electron chi connectivity index (χ0n) is 11.2. The smallest absolute Gasteiger partial charge is 0.123 e. The first-order valence-corrected chi connectivity index (χ1v) is 6.57. The number of nitrogens with zero attached hydrogens (tertiary/aromatic N) is 1. The zero-order valence-corrected chi connectivity index (χ0v) is 11.2. The standard InChI is InChI=1S/C17H15FN2/c1-19-11-12-7-8-13(18)10-16(12)14-4-2-6-17-15(14)5-3-9-20-17/h2-10,19H,11H2,1H3. The third-order valence-electron chi connectivity index (χ3n) is 3.38. The molecule has 3 aromatic rings. The van der Waals surface area contributed by atoms with E-state index in [9.17, 15) is 4.39 Å². The number of nitrogens with one attached hydrogen (secondary N) is 1. The average Bonchev–Trinajstić information content (AvgIpc) is 2.49. The molecular formula is C17H15FN2. The minimum absolute atomic E-state index is 0.222. The van der Waals surface area contributed by atoms with Gasteiger partial charge in [0.1, 0.15) is 5.82 Å². The first-order valence-electron chi connectivity index (χ1n) is 6.57. The highest BCUT2D eigenvalue weighted by atomic mass is 19.1. The predicted octanol–water partition coefficient (Wildman–Crippen LogP) is 3.76. The second-order valence-corrected chi connectivity index (χ2v) is 4.71. The van der Waals surface area contributed by atoms with Crippen molar-refractivity contribution in [3.63, 3.8) is 0 Å². The molecule has 3 heteroatoms. The van der Waals surface area contributed by atoms with E-state index in [4.69, 9.17) is 0 Å². The molecule has 0 aliphatic rings. The first kappa shape index (κ1) is 12.8. The molecule has 0 saturated carbocycles. The van der Waals surface area contributed by atoms with E-state index in [1.54, 1.807) is 12.3 Å². The normalized spacial score (nSPS) is 10.9. The van der Waals surface area contributed by atoms with Crippen LogP contribution < -0.4 is 5.32 Å². The molecule has 0 bridgehead atoms. The van der Waals surface area contributed by atoms with Gasteiger partial charge in [-0.2, -0.15) is 0 Å². The van der Waals surface area contributed by atoms with Crippen molar-refractivity contribution in [1.29, 1.82) is 0 Å². The summed E-state index contributed by atoms with van der Waals surface area (Å²) in [4.78, 5) is 4.36. The van der Waals surface area contributed by atoms with E-state index in [1.165, 1.54) is 6.07 Å². The number of hydrogen-bond donors (Lipinski definition) is 1. The molecule has 20 heavy (non-hydrogen) atoms. The minimum Gasteiger partial charge on any atom is -0.316 e. The summed E-state index contributed by atoms with van der Waals surface area (Å²) in [6.07, 6.45) is 1.77. The number of pyridine rings is 1. The Morgan fingerprint density at radius 3 is 2.80 bits per heavy atom. The van der Waals surface area contributed by atoms with Gasteiger partial charge in [-0.15, -0.1) is 0 Å². The summed E-state index contributed by atoms with van der Waals surface area (Å²) >= 11 is 0. The molecule has 0 amide bonds. The van der Waals surface area contributed by atoms with Crippen LogP contribution in [-0.4, -0.2) is 12.0 Å². The number of rotatable bonds is 3. The summed E-state index contributed by atoms with van der Waals surface area (Å²) in [5.74, 6) is -0.222. The molecular weight excluding hydrogens is 251 g/mol. The molecule has 0 saturated heterocycles. The number of aromatic nitrogens is 1. The van der Waals surface area contributed by atoms with Gasteiger partial charge < -0.3 is 5.32 Å². The summed E-state index contributed by atoms with van der Waals surface area (Å²) in [7, 11) is 1.89. The van der Waals surface area contributed by atoms with Crippen molar-refractivity contribution in [1.82, 2.24) is 10.3 Å². The molecule has 0 fully saturated rings. The van der Waals surface area contributed by atoms with Gasteiger partial charge in [-0.3, -0.25) is 4.98 Å². The number of fused-ring (bicyclic) bond motifs is 1. The van der Waals surface area contributed by atoms with Crippen molar-refractivity contribution in [3.05, 3.63) is 66.1 Å². The largest absolute Gasteiger partial charge is 0.316 e. The van der Waals surface area contributed by atoms with Crippen LogP contribution in [0.1, 0.15) is 5.56 Å². The van der Waals surface area contributed by atoms with Gasteiger partial charge in [0.25, 0.3) is 0 Å². The van der Waals surface area contributed by atoms with Crippen molar-refractivity contribution >= 4 is 10.9 Å². The minimum atomic E-state index is -0.222. The summed E-state index contributed by atoms with van der Waals surface area (Å²) in [5.41, 5.74) is 3.92. The molecule has 0 aliphatic heterocycles. The van der Waals surface area contributed by atoms with Gasteiger partial charge in [0.15, 0.2) is 0 Å². The van der Waals surface area contributed by atoms with E-state index in [1.807, 2.05) is 43.4 Å². The van der Waals surface area contributed by atoms with Gasteiger partial charge in [-0.1, -0.05) is 24.3 Å². The molecule has 1 aromatic heterocycles.